The van der Waals surface area contributed by atoms with Crippen LogP contribution in [0, 0.1) is 5.82 Å². The molecular weight excluding hydrogens is 257 g/mol. The second kappa shape index (κ2) is 5.27. The van der Waals surface area contributed by atoms with E-state index in [1.807, 2.05) is 7.05 Å². The van der Waals surface area contributed by atoms with Crippen LogP contribution in [-0.2, 0) is 13.6 Å². The molecule has 1 aromatic heterocycles. The van der Waals surface area contributed by atoms with Gasteiger partial charge >= 0.3 is 0 Å². The van der Waals surface area contributed by atoms with Crippen LogP contribution in [0.2, 0.25) is 5.15 Å². The molecule has 96 valence electrons. The first-order chi connectivity index (χ1) is 8.61. The third-order valence-corrected chi connectivity index (χ3v) is 2.98. The highest BCUT2D eigenvalue weighted by Gasteiger charge is 2.07. The minimum atomic E-state index is -0.336. The molecule has 0 bridgehead atoms. The summed E-state index contributed by atoms with van der Waals surface area (Å²) in [4.78, 5) is 4.16. The van der Waals surface area contributed by atoms with Gasteiger partial charge in [-0.1, -0.05) is 11.6 Å². The predicted molar refractivity (Wildman–Crippen MR) is 68.5 cm³/mol. The highest BCUT2D eigenvalue weighted by Crippen LogP contribution is 2.25. The van der Waals surface area contributed by atoms with Gasteiger partial charge in [0.05, 0.1) is 25.5 Å². The standard InChI is InChI=1S/C12H13ClFN3O/c1-17-11(13)6-16-12(17)7-15-9-4-3-8(14)5-10(9)18-2/h3-6,15H,7H2,1-2H3. The Balaban J connectivity index is 2.13. The summed E-state index contributed by atoms with van der Waals surface area (Å²) < 4.78 is 19.9. The van der Waals surface area contributed by atoms with Crippen LogP contribution < -0.4 is 10.1 Å². The van der Waals surface area contributed by atoms with E-state index in [0.29, 0.717) is 23.1 Å². The molecule has 0 saturated carbocycles. The van der Waals surface area contributed by atoms with Gasteiger partial charge in [0.1, 0.15) is 22.5 Å². The summed E-state index contributed by atoms with van der Waals surface area (Å²) in [5.74, 6) is 0.902. The lowest BCUT2D eigenvalue weighted by atomic mass is 10.3. The third kappa shape index (κ3) is 2.56. The molecule has 18 heavy (non-hydrogen) atoms. The van der Waals surface area contributed by atoms with E-state index in [-0.39, 0.29) is 5.82 Å². The minimum Gasteiger partial charge on any atom is -0.494 e. The molecule has 0 fully saturated rings. The monoisotopic (exact) mass is 269 g/mol. The van der Waals surface area contributed by atoms with E-state index in [9.17, 15) is 4.39 Å². The summed E-state index contributed by atoms with van der Waals surface area (Å²) in [7, 11) is 3.33. The van der Waals surface area contributed by atoms with Crippen LogP contribution in [0.3, 0.4) is 0 Å². The number of hydrogen-bond donors (Lipinski definition) is 1. The van der Waals surface area contributed by atoms with Crippen LogP contribution in [0.15, 0.2) is 24.4 Å². The highest BCUT2D eigenvalue weighted by molar-refractivity contribution is 6.29. The van der Waals surface area contributed by atoms with Crippen molar-refractivity contribution in [1.29, 1.82) is 0 Å². The van der Waals surface area contributed by atoms with E-state index in [4.69, 9.17) is 16.3 Å². The zero-order valence-corrected chi connectivity index (χ0v) is 10.8. The number of methoxy groups -OCH3 is 1. The molecule has 0 aliphatic heterocycles. The van der Waals surface area contributed by atoms with Gasteiger partial charge in [-0.05, 0) is 12.1 Å². The number of hydrogen-bond acceptors (Lipinski definition) is 3. The Morgan fingerprint density at radius 3 is 2.89 bits per heavy atom. The second-order valence-corrected chi connectivity index (χ2v) is 4.14. The van der Waals surface area contributed by atoms with Gasteiger partial charge < -0.3 is 14.6 Å². The number of rotatable bonds is 4. The van der Waals surface area contributed by atoms with Gasteiger partial charge in [0.25, 0.3) is 0 Å². The Kier molecular flexibility index (Phi) is 3.72. The normalized spacial score (nSPS) is 10.4. The first kappa shape index (κ1) is 12.7. The molecule has 0 aliphatic rings. The topological polar surface area (TPSA) is 39.1 Å². The van der Waals surface area contributed by atoms with Crippen molar-refractivity contribution in [3.05, 3.63) is 41.2 Å². The Bertz CT molecular complexity index is 556. The smallest absolute Gasteiger partial charge is 0.144 e. The Labute approximate surface area is 109 Å². The number of halogens is 2. The van der Waals surface area contributed by atoms with Gasteiger partial charge in [0.15, 0.2) is 0 Å². The molecule has 1 aromatic carbocycles. The average molecular weight is 270 g/mol. The first-order valence-electron chi connectivity index (χ1n) is 5.35. The number of anilines is 1. The fourth-order valence-corrected chi connectivity index (χ4v) is 1.72. The number of aromatic nitrogens is 2. The molecule has 0 radical (unpaired) electrons. The zero-order valence-electron chi connectivity index (χ0n) is 10.1. The van der Waals surface area contributed by atoms with E-state index < -0.39 is 0 Å². The molecule has 1 N–H and O–H groups in total. The highest BCUT2D eigenvalue weighted by atomic mass is 35.5. The molecule has 2 rings (SSSR count). The lowest BCUT2D eigenvalue weighted by molar-refractivity contribution is 0.413. The number of nitrogens with zero attached hydrogens (tertiary/aromatic N) is 2. The van der Waals surface area contributed by atoms with Gasteiger partial charge in [-0.3, -0.25) is 0 Å². The molecule has 0 unspecified atom stereocenters. The van der Waals surface area contributed by atoms with Crippen LogP contribution in [-0.4, -0.2) is 16.7 Å². The summed E-state index contributed by atoms with van der Waals surface area (Å²) in [5, 5.41) is 3.70. The summed E-state index contributed by atoms with van der Waals surface area (Å²) in [6, 6.07) is 4.32. The maximum absolute atomic E-state index is 13.0. The predicted octanol–water partition coefficient (Wildman–Crippen LogP) is 2.83. The molecule has 6 heteroatoms. The van der Waals surface area contributed by atoms with Gasteiger partial charge in [-0.25, -0.2) is 9.37 Å². The van der Waals surface area contributed by atoms with Crippen molar-refractivity contribution in [3.63, 3.8) is 0 Å². The van der Waals surface area contributed by atoms with Crippen molar-refractivity contribution in [3.8, 4) is 5.75 Å². The van der Waals surface area contributed by atoms with Crippen LogP contribution in [0.5, 0.6) is 5.75 Å². The zero-order chi connectivity index (χ0) is 13.1. The molecule has 0 spiro atoms. The summed E-state index contributed by atoms with van der Waals surface area (Å²) in [6.45, 7) is 0.477. The van der Waals surface area contributed by atoms with E-state index in [0.717, 1.165) is 5.82 Å². The Morgan fingerprint density at radius 1 is 1.50 bits per heavy atom. The molecule has 4 nitrogen and oxygen atoms in total. The SMILES string of the molecule is COc1cc(F)ccc1NCc1ncc(Cl)n1C. The summed E-state index contributed by atoms with van der Waals surface area (Å²) in [5.41, 5.74) is 0.707. The lowest BCUT2D eigenvalue weighted by Crippen LogP contribution is -2.07. The van der Waals surface area contributed by atoms with Crippen LogP contribution in [0.1, 0.15) is 5.82 Å². The number of ether oxygens (including phenoxy) is 1. The van der Waals surface area contributed by atoms with E-state index in [1.54, 1.807) is 16.8 Å². The fourth-order valence-electron chi connectivity index (χ4n) is 1.57. The summed E-state index contributed by atoms with van der Waals surface area (Å²) >= 11 is 5.89. The molecule has 2 aromatic rings. The molecule has 0 aliphatic carbocycles. The number of imidazole rings is 1. The van der Waals surface area contributed by atoms with Crippen LogP contribution >= 0.6 is 11.6 Å². The fraction of sp³-hybridized carbons (Fsp3) is 0.250. The molecule has 0 atom stereocenters. The van der Waals surface area contributed by atoms with E-state index in [2.05, 4.69) is 10.3 Å². The third-order valence-electron chi connectivity index (χ3n) is 2.63. The van der Waals surface area contributed by atoms with Crippen LogP contribution in [0.4, 0.5) is 10.1 Å². The van der Waals surface area contributed by atoms with Crippen molar-refractivity contribution in [1.82, 2.24) is 9.55 Å². The minimum absolute atomic E-state index is 0.336. The van der Waals surface area contributed by atoms with Gasteiger partial charge in [0, 0.05) is 13.1 Å². The van der Waals surface area contributed by atoms with E-state index >= 15 is 0 Å². The maximum atomic E-state index is 13.0. The van der Waals surface area contributed by atoms with Crippen molar-refractivity contribution >= 4 is 17.3 Å². The van der Waals surface area contributed by atoms with Crippen molar-refractivity contribution in [2.24, 2.45) is 7.05 Å². The first-order valence-corrected chi connectivity index (χ1v) is 5.73. The Morgan fingerprint density at radius 2 is 2.28 bits per heavy atom. The summed E-state index contributed by atoms with van der Waals surface area (Å²) in [6.07, 6.45) is 1.58. The van der Waals surface area contributed by atoms with Gasteiger partial charge in [-0.15, -0.1) is 0 Å². The second-order valence-electron chi connectivity index (χ2n) is 3.75. The van der Waals surface area contributed by atoms with E-state index in [1.165, 1.54) is 19.2 Å². The average Bonchev–Trinajstić information content (AvgIpc) is 2.68. The van der Waals surface area contributed by atoms with Crippen molar-refractivity contribution < 1.29 is 9.13 Å². The molecular formula is C12H13ClFN3O. The molecule has 0 saturated heterocycles. The number of benzene rings is 1. The largest absolute Gasteiger partial charge is 0.494 e. The van der Waals surface area contributed by atoms with Gasteiger partial charge in [0.2, 0.25) is 0 Å². The lowest BCUT2D eigenvalue weighted by Gasteiger charge is -2.11. The number of nitrogens with one attached hydrogen (secondary N) is 1. The van der Waals surface area contributed by atoms with Crippen molar-refractivity contribution in [2.75, 3.05) is 12.4 Å². The Hall–Kier alpha value is -1.75. The van der Waals surface area contributed by atoms with Crippen molar-refractivity contribution in [2.45, 2.75) is 6.54 Å². The molecule has 0 amide bonds. The van der Waals surface area contributed by atoms with Gasteiger partial charge in [-0.2, -0.15) is 0 Å². The maximum Gasteiger partial charge on any atom is 0.144 e. The molecule has 1 heterocycles. The quantitative estimate of drug-likeness (QED) is 0.928. The van der Waals surface area contributed by atoms with Crippen LogP contribution in [0.25, 0.3) is 0 Å².